The molecule has 0 atom stereocenters. The highest BCUT2D eigenvalue weighted by atomic mass is 32.2. The first-order valence-electron chi connectivity index (χ1n) is 4.96. The van der Waals surface area contributed by atoms with Crippen LogP contribution in [-0.2, 0) is 11.3 Å². The number of hydrogen-bond acceptors (Lipinski definition) is 6. The maximum Gasteiger partial charge on any atom is 0.325 e. The van der Waals surface area contributed by atoms with Crippen LogP contribution in [-0.4, -0.2) is 37.0 Å². The first-order chi connectivity index (χ1) is 7.94. The quantitative estimate of drug-likeness (QED) is 0.749. The molecule has 1 rings (SSSR count). The fourth-order valence-electron chi connectivity index (χ4n) is 0.981. The lowest BCUT2D eigenvalue weighted by Crippen LogP contribution is -2.12. The second-order valence-electron chi connectivity index (χ2n) is 4.11. The van der Waals surface area contributed by atoms with E-state index in [1.807, 2.05) is 13.8 Å². The number of hydrogen-bond donors (Lipinski definition) is 1. The van der Waals surface area contributed by atoms with Gasteiger partial charge in [-0.1, -0.05) is 11.8 Å². The van der Waals surface area contributed by atoms with E-state index in [0.717, 1.165) is 0 Å². The van der Waals surface area contributed by atoms with E-state index in [9.17, 15) is 4.79 Å². The van der Waals surface area contributed by atoms with Gasteiger partial charge in [-0.3, -0.25) is 4.79 Å². The third-order valence-corrected chi connectivity index (χ3v) is 3.00. The van der Waals surface area contributed by atoms with Crippen LogP contribution in [0.2, 0.25) is 0 Å². The zero-order valence-electron chi connectivity index (χ0n) is 9.62. The number of nitrogens with zero attached hydrogens (tertiary/aromatic N) is 5. The van der Waals surface area contributed by atoms with Crippen molar-refractivity contribution in [3.05, 3.63) is 0 Å². The van der Waals surface area contributed by atoms with E-state index in [0.29, 0.717) is 17.3 Å². The van der Waals surface area contributed by atoms with Gasteiger partial charge < -0.3 is 5.11 Å². The highest BCUT2D eigenvalue weighted by molar-refractivity contribution is 7.99. The molecule has 0 bridgehead atoms. The normalized spacial score (nSPS) is 11.1. The molecule has 0 fully saturated rings. The molecule has 0 aromatic carbocycles. The molecule has 0 radical (unpaired) electrons. The van der Waals surface area contributed by atoms with E-state index in [1.165, 1.54) is 16.4 Å². The lowest BCUT2D eigenvalue weighted by atomic mass is 9.93. The standard InChI is InChI=1S/C9H13N5O2S/c1-9(2,6-10)3-4-17-8-11-12-13-14(8)5-7(15)16/h3-5H2,1-2H3,(H,15,16). The Hall–Kier alpha value is -1.62. The van der Waals surface area contributed by atoms with Crippen molar-refractivity contribution < 1.29 is 9.90 Å². The van der Waals surface area contributed by atoms with Crippen LogP contribution in [0.4, 0.5) is 0 Å². The SMILES string of the molecule is CC(C)(C#N)CCSc1nnnn1CC(=O)O. The van der Waals surface area contributed by atoms with E-state index in [4.69, 9.17) is 10.4 Å². The Bertz CT molecular complexity index is 437. The Morgan fingerprint density at radius 2 is 2.35 bits per heavy atom. The van der Waals surface area contributed by atoms with Crippen LogP contribution in [0.5, 0.6) is 0 Å². The molecule has 0 unspecified atom stereocenters. The van der Waals surface area contributed by atoms with Gasteiger partial charge in [0.15, 0.2) is 0 Å². The third-order valence-electron chi connectivity index (χ3n) is 2.04. The van der Waals surface area contributed by atoms with Crippen LogP contribution in [0.15, 0.2) is 5.16 Å². The largest absolute Gasteiger partial charge is 0.480 e. The molecule has 0 aliphatic carbocycles. The Morgan fingerprint density at radius 1 is 1.65 bits per heavy atom. The van der Waals surface area contributed by atoms with Crippen molar-refractivity contribution >= 4 is 17.7 Å². The molecule has 1 aromatic rings. The Kier molecular flexibility index (Phi) is 4.45. The number of carboxylic acid groups (broad SMARTS) is 1. The van der Waals surface area contributed by atoms with E-state index >= 15 is 0 Å². The summed E-state index contributed by atoms with van der Waals surface area (Å²) < 4.78 is 1.23. The number of thioether (sulfide) groups is 1. The molecule has 1 aromatic heterocycles. The molecule has 0 saturated heterocycles. The summed E-state index contributed by atoms with van der Waals surface area (Å²) in [5.74, 6) is -0.322. The lowest BCUT2D eigenvalue weighted by molar-refractivity contribution is -0.138. The second kappa shape index (κ2) is 5.63. The molecular weight excluding hydrogens is 242 g/mol. The monoisotopic (exact) mass is 255 g/mol. The first-order valence-corrected chi connectivity index (χ1v) is 5.95. The molecule has 8 heteroatoms. The summed E-state index contributed by atoms with van der Waals surface area (Å²) in [4.78, 5) is 10.5. The first kappa shape index (κ1) is 13.4. The van der Waals surface area contributed by atoms with Crippen molar-refractivity contribution in [2.24, 2.45) is 5.41 Å². The fraction of sp³-hybridized carbons (Fsp3) is 0.667. The molecule has 1 N–H and O–H groups in total. The minimum Gasteiger partial charge on any atom is -0.480 e. The topological polar surface area (TPSA) is 105 Å². The Morgan fingerprint density at radius 3 is 2.94 bits per heavy atom. The van der Waals surface area contributed by atoms with Crippen LogP contribution < -0.4 is 0 Å². The highest BCUT2D eigenvalue weighted by Crippen LogP contribution is 2.24. The third kappa shape index (κ3) is 4.40. The van der Waals surface area contributed by atoms with Gasteiger partial charge in [0.05, 0.1) is 11.5 Å². The van der Waals surface area contributed by atoms with E-state index in [-0.39, 0.29) is 6.54 Å². The van der Waals surface area contributed by atoms with Gasteiger partial charge in [0.2, 0.25) is 5.16 Å². The summed E-state index contributed by atoms with van der Waals surface area (Å²) in [6.45, 7) is 3.46. The molecule has 0 aliphatic rings. The van der Waals surface area contributed by atoms with Crippen molar-refractivity contribution in [1.82, 2.24) is 20.2 Å². The summed E-state index contributed by atoms with van der Waals surface area (Å²) in [7, 11) is 0. The predicted molar refractivity (Wildman–Crippen MR) is 60.2 cm³/mol. The van der Waals surface area contributed by atoms with Crippen LogP contribution >= 0.6 is 11.8 Å². The van der Waals surface area contributed by atoms with Crippen LogP contribution in [0.1, 0.15) is 20.3 Å². The molecule has 0 saturated carbocycles. The van der Waals surface area contributed by atoms with Gasteiger partial charge in [0.25, 0.3) is 0 Å². The number of aromatic nitrogens is 4. The van der Waals surface area contributed by atoms with Crippen LogP contribution in [0.25, 0.3) is 0 Å². The lowest BCUT2D eigenvalue weighted by Gasteiger charge is -2.13. The number of tetrazole rings is 1. The fourth-order valence-corrected chi connectivity index (χ4v) is 2.12. The number of rotatable bonds is 6. The predicted octanol–water partition coefficient (Wildman–Crippen LogP) is 0.790. The summed E-state index contributed by atoms with van der Waals surface area (Å²) >= 11 is 1.35. The Balaban J connectivity index is 2.50. The van der Waals surface area contributed by atoms with Crippen molar-refractivity contribution in [2.45, 2.75) is 32.0 Å². The van der Waals surface area contributed by atoms with Crippen molar-refractivity contribution in [1.29, 1.82) is 5.26 Å². The molecule has 0 aliphatic heterocycles. The maximum absolute atomic E-state index is 10.5. The minimum absolute atomic E-state index is 0.253. The molecule has 7 nitrogen and oxygen atoms in total. The number of nitriles is 1. The molecule has 0 spiro atoms. The zero-order valence-corrected chi connectivity index (χ0v) is 10.4. The maximum atomic E-state index is 10.5. The minimum atomic E-state index is -0.989. The second-order valence-corrected chi connectivity index (χ2v) is 5.17. The molecule has 1 heterocycles. The van der Waals surface area contributed by atoms with E-state index in [2.05, 4.69) is 21.6 Å². The summed E-state index contributed by atoms with van der Waals surface area (Å²) in [5, 5.41) is 28.7. The highest BCUT2D eigenvalue weighted by Gasteiger charge is 2.17. The molecule has 17 heavy (non-hydrogen) atoms. The number of carbonyl (C=O) groups is 1. The van der Waals surface area contributed by atoms with Gasteiger partial charge in [-0.2, -0.15) is 5.26 Å². The number of aliphatic carboxylic acids is 1. The average molecular weight is 255 g/mol. The number of carboxylic acids is 1. The average Bonchev–Trinajstić information content (AvgIpc) is 2.65. The van der Waals surface area contributed by atoms with Crippen molar-refractivity contribution in [3.8, 4) is 6.07 Å². The van der Waals surface area contributed by atoms with Crippen molar-refractivity contribution in [3.63, 3.8) is 0 Å². The molecule has 92 valence electrons. The zero-order chi connectivity index (χ0) is 12.9. The van der Waals surface area contributed by atoms with Gasteiger partial charge >= 0.3 is 5.97 Å². The van der Waals surface area contributed by atoms with E-state index in [1.54, 1.807) is 0 Å². The van der Waals surface area contributed by atoms with Crippen LogP contribution in [0.3, 0.4) is 0 Å². The van der Waals surface area contributed by atoms with Gasteiger partial charge in [0.1, 0.15) is 6.54 Å². The van der Waals surface area contributed by atoms with E-state index < -0.39 is 11.4 Å². The van der Waals surface area contributed by atoms with Gasteiger partial charge in [0, 0.05) is 5.75 Å². The molecular formula is C9H13N5O2S. The summed E-state index contributed by atoms with van der Waals surface area (Å²) in [5.41, 5.74) is -0.391. The van der Waals surface area contributed by atoms with Gasteiger partial charge in [-0.15, -0.1) is 5.10 Å². The molecule has 0 amide bonds. The van der Waals surface area contributed by atoms with Crippen molar-refractivity contribution in [2.75, 3.05) is 5.75 Å². The van der Waals surface area contributed by atoms with Gasteiger partial charge in [-0.05, 0) is 30.7 Å². The Labute approximate surface area is 103 Å². The van der Waals surface area contributed by atoms with Gasteiger partial charge in [-0.25, -0.2) is 4.68 Å². The summed E-state index contributed by atoms with van der Waals surface area (Å²) in [6.07, 6.45) is 0.689. The summed E-state index contributed by atoms with van der Waals surface area (Å²) in [6, 6.07) is 2.20. The smallest absolute Gasteiger partial charge is 0.325 e. The van der Waals surface area contributed by atoms with Crippen LogP contribution in [0, 0.1) is 16.7 Å².